The number of carbonyl (C=O) groups is 1. The van der Waals surface area contributed by atoms with Gasteiger partial charge in [-0.15, -0.1) is 0 Å². The maximum absolute atomic E-state index is 12.8. The molecule has 2 N–H and O–H groups in total. The molecule has 0 amide bonds. The van der Waals surface area contributed by atoms with E-state index in [2.05, 4.69) is 20.8 Å². The van der Waals surface area contributed by atoms with E-state index in [1.165, 1.54) is 5.56 Å². The Balaban J connectivity index is 2.19. The van der Waals surface area contributed by atoms with Crippen molar-refractivity contribution in [3.05, 3.63) is 59.7 Å². The van der Waals surface area contributed by atoms with Crippen LogP contribution in [0.1, 0.15) is 56.5 Å². The first kappa shape index (κ1) is 18.1. The molecule has 0 bridgehead atoms. The van der Waals surface area contributed by atoms with Crippen LogP contribution in [-0.4, -0.2) is 11.9 Å². The second-order valence-electron chi connectivity index (χ2n) is 7.16. The molecule has 0 aliphatic carbocycles. The second-order valence-corrected chi connectivity index (χ2v) is 7.16. The van der Waals surface area contributed by atoms with Crippen molar-refractivity contribution in [2.45, 2.75) is 52.1 Å². The summed E-state index contributed by atoms with van der Waals surface area (Å²) in [6.07, 6.45) is 1.06. The summed E-state index contributed by atoms with van der Waals surface area (Å²) in [5, 5.41) is 0. The lowest BCUT2D eigenvalue weighted by Crippen LogP contribution is -2.27. The molecular formula is C21H27NO2. The van der Waals surface area contributed by atoms with Crippen molar-refractivity contribution in [2.75, 3.05) is 5.73 Å². The largest absolute Gasteiger partial charge is 0.482 e. The van der Waals surface area contributed by atoms with Crippen molar-refractivity contribution >= 4 is 11.5 Å². The van der Waals surface area contributed by atoms with Gasteiger partial charge < -0.3 is 10.5 Å². The van der Waals surface area contributed by atoms with Crippen LogP contribution in [0, 0.1) is 0 Å². The summed E-state index contributed by atoms with van der Waals surface area (Å²) in [5.74, 6) is 0.646. The molecule has 0 saturated carbocycles. The summed E-state index contributed by atoms with van der Waals surface area (Å²) in [6.45, 7) is 8.53. The molecule has 24 heavy (non-hydrogen) atoms. The van der Waals surface area contributed by atoms with Crippen LogP contribution in [0.2, 0.25) is 0 Å². The van der Waals surface area contributed by atoms with Crippen molar-refractivity contribution in [1.82, 2.24) is 0 Å². The van der Waals surface area contributed by atoms with Crippen LogP contribution < -0.4 is 10.5 Å². The summed E-state index contributed by atoms with van der Waals surface area (Å²) in [4.78, 5) is 12.8. The van der Waals surface area contributed by atoms with Crippen LogP contribution in [0.15, 0.2) is 48.5 Å². The van der Waals surface area contributed by atoms with Gasteiger partial charge in [-0.25, -0.2) is 0 Å². The highest BCUT2D eigenvalue weighted by Gasteiger charge is 2.22. The molecule has 0 radical (unpaired) electrons. The average molecular weight is 325 g/mol. The van der Waals surface area contributed by atoms with Crippen molar-refractivity contribution in [1.29, 1.82) is 0 Å². The summed E-state index contributed by atoms with van der Waals surface area (Å²) >= 11 is 0. The summed E-state index contributed by atoms with van der Waals surface area (Å²) in [7, 11) is 0. The Kier molecular flexibility index (Phi) is 5.66. The number of anilines is 1. The maximum atomic E-state index is 12.8. The van der Waals surface area contributed by atoms with E-state index in [4.69, 9.17) is 10.5 Å². The molecule has 0 spiro atoms. The van der Waals surface area contributed by atoms with Gasteiger partial charge in [0.05, 0.1) is 0 Å². The fourth-order valence-electron chi connectivity index (χ4n) is 2.58. The first-order chi connectivity index (χ1) is 11.3. The van der Waals surface area contributed by atoms with Gasteiger partial charge in [-0.1, -0.05) is 64.4 Å². The third-order valence-corrected chi connectivity index (χ3v) is 4.02. The zero-order valence-corrected chi connectivity index (χ0v) is 15.0. The summed E-state index contributed by atoms with van der Waals surface area (Å²) in [6, 6.07) is 15.1. The van der Waals surface area contributed by atoms with Crippen LogP contribution >= 0.6 is 0 Å². The lowest BCUT2D eigenvalue weighted by molar-refractivity contribution is 0.0777. The van der Waals surface area contributed by atoms with E-state index in [0.717, 1.165) is 6.42 Å². The third-order valence-electron chi connectivity index (χ3n) is 4.02. The highest BCUT2D eigenvalue weighted by atomic mass is 16.5. The molecule has 0 aromatic heterocycles. The number of carbonyl (C=O) groups excluding carboxylic acids is 1. The first-order valence-corrected chi connectivity index (χ1v) is 8.48. The number of Topliss-reactive ketones (excluding diaryl/α,β-unsaturated/α-hetero) is 1. The molecule has 3 heteroatoms. The standard InChI is InChI=1S/C21H27NO2/c1-5-7-19(24-18-9-6-8-17(22)14-18)20(23)15-10-12-16(13-11-15)21(2,3)4/h6,8-14,19H,5,7,22H2,1-4H3. The van der Waals surface area contributed by atoms with Gasteiger partial charge in [0.25, 0.3) is 0 Å². The smallest absolute Gasteiger partial charge is 0.203 e. The molecule has 0 saturated heterocycles. The third kappa shape index (κ3) is 4.60. The minimum Gasteiger partial charge on any atom is -0.482 e. The van der Waals surface area contributed by atoms with Crippen LogP contribution in [0.5, 0.6) is 5.75 Å². The summed E-state index contributed by atoms with van der Waals surface area (Å²) < 4.78 is 5.92. The van der Waals surface area contributed by atoms with E-state index in [1.54, 1.807) is 12.1 Å². The Morgan fingerprint density at radius 1 is 1.12 bits per heavy atom. The highest BCUT2D eigenvalue weighted by molar-refractivity contribution is 5.99. The summed E-state index contributed by atoms with van der Waals surface area (Å²) in [5.41, 5.74) is 8.39. The number of ketones is 1. The van der Waals surface area contributed by atoms with Gasteiger partial charge in [-0.3, -0.25) is 4.79 Å². The number of hydrogen-bond acceptors (Lipinski definition) is 3. The van der Waals surface area contributed by atoms with Crippen LogP contribution in [-0.2, 0) is 5.41 Å². The van der Waals surface area contributed by atoms with Crippen LogP contribution in [0.3, 0.4) is 0 Å². The lowest BCUT2D eigenvalue weighted by Gasteiger charge is -2.20. The zero-order valence-electron chi connectivity index (χ0n) is 15.0. The van der Waals surface area contributed by atoms with Crippen LogP contribution in [0.25, 0.3) is 0 Å². The van der Waals surface area contributed by atoms with Gasteiger partial charge >= 0.3 is 0 Å². The average Bonchev–Trinajstić information content (AvgIpc) is 2.53. The fraction of sp³-hybridized carbons (Fsp3) is 0.381. The number of nitrogen functional groups attached to an aromatic ring is 1. The number of ether oxygens (including phenoxy) is 1. The van der Waals surface area contributed by atoms with E-state index in [9.17, 15) is 4.79 Å². The van der Waals surface area contributed by atoms with E-state index >= 15 is 0 Å². The lowest BCUT2D eigenvalue weighted by atomic mass is 9.86. The minimum absolute atomic E-state index is 0.0136. The number of rotatable bonds is 6. The highest BCUT2D eigenvalue weighted by Crippen LogP contribution is 2.24. The van der Waals surface area contributed by atoms with Gasteiger partial charge in [0, 0.05) is 17.3 Å². The van der Waals surface area contributed by atoms with E-state index in [1.807, 2.05) is 43.3 Å². The Labute approximate surface area is 144 Å². The van der Waals surface area contributed by atoms with E-state index in [0.29, 0.717) is 23.4 Å². The van der Waals surface area contributed by atoms with Crippen molar-refractivity contribution in [3.8, 4) is 5.75 Å². The molecular weight excluding hydrogens is 298 g/mol. The predicted octanol–water partition coefficient (Wildman–Crippen LogP) is 5.00. The molecule has 2 aromatic carbocycles. The normalized spacial score (nSPS) is 12.7. The van der Waals surface area contributed by atoms with Gasteiger partial charge in [-0.2, -0.15) is 0 Å². The topological polar surface area (TPSA) is 52.3 Å². The molecule has 1 unspecified atom stereocenters. The minimum atomic E-state index is -0.489. The van der Waals surface area contributed by atoms with Gasteiger partial charge in [0.1, 0.15) is 5.75 Å². The van der Waals surface area contributed by atoms with Gasteiger partial charge in [0.2, 0.25) is 5.78 Å². The Morgan fingerprint density at radius 2 is 1.79 bits per heavy atom. The molecule has 0 heterocycles. The van der Waals surface area contributed by atoms with Gasteiger partial charge in [-0.05, 0) is 29.5 Å². The quantitative estimate of drug-likeness (QED) is 0.601. The Hall–Kier alpha value is -2.29. The Morgan fingerprint density at radius 3 is 2.33 bits per heavy atom. The number of benzene rings is 2. The second kappa shape index (κ2) is 7.52. The number of hydrogen-bond donors (Lipinski definition) is 1. The molecule has 0 aliphatic rings. The SMILES string of the molecule is CCCC(Oc1cccc(N)c1)C(=O)c1ccc(C(C)(C)C)cc1. The fourth-order valence-corrected chi connectivity index (χ4v) is 2.58. The predicted molar refractivity (Wildman–Crippen MR) is 99.7 cm³/mol. The monoisotopic (exact) mass is 325 g/mol. The molecule has 2 aromatic rings. The van der Waals surface area contributed by atoms with Gasteiger partial charge in [0.15, 0.2) is 6.10 Å². The molecule has 0 fully saturated rings. The molecule has 2 rings (SSSR count). The molecule has 3 nitrogen and oxygen atoms in total. The zero-order chi connectivity index (χ0) is 17.7. The van der Waals surface area contributed by atoms with E-state index < -0.39 is 6.10 Å². The van der Waals surface area contributed by atoms with Crippen LogP contribution in [0.4, 0.5) is 5.69 Å². The Bertz CT molecular complexity index is 684. The first-order valence-electron chi connectivity index (χ1n) is 8.48. The molecule has 128 valence electrons. The molecule has 0 aliphatic heterocycles. The van der Waals surface area contributed by atoms with E-state index in [-0.39, 0.29) is 11.2 Å². The van der Waals surface area contributed by atoms with Crippen molar-refractivity contribution in [3.63, 3.8) is 0 Å². The maximum Gasteiger partial charge on any atom is 0.203 e. The van der Waals surface area contributed by atoms with Crippen molar-refractivity contribution in [2.24, 2.45) is 0 Å². The molecule has 1 atom stereocenters. The number of nitrogens with two attached hydrogens (primary N) is 1. The van der Waals surface area contributed by atoms with Crippen molar-refractivity contribution < 1.29 is 9.53 Å².